The molecular weight excluding hydrogens is 472 g/mol. The van der Waals surface area contributed by atoms with E-state index in [-0.39, 0.29) is 27.4 Å². The Bertz CT molecular complexity index is 1210. The summed E-state index contributed by atoms with van der Waals surface area (Å²) in [6, 6.07) is 7.65. The lowest BCUT2D eigenvalue weighted by Crippen LogP contribution is -2.20. The number of carbonyl (C=O) groups is 1. The molecule has 0 bridgehead atoms. The number of nitrogens with one attached hydrogen (secondary N) is 2. The molecule has 0 aliphatic heterocycles. The molecule has 0 fully saturated rings. The fourth-order valence-corrected chi connectivity index (χ4v) is 4.18. The van der Waals surface area contributed by atoms with Gasteiger partial charge in [-0.1, -0.05) is 23.7 Å². The van der Waals surface area contributed by atoms with Gasteiger partial charge in [-0.3, -0.25) is 10.2 Å². The minimum Gasteiger partial charge on any atom is -0.364 e. The standard InChI is InChI=1S/C21H15ClF4N2O3S/c1-9-7-15(28-19(29)16-12(21(24,25)26)3-2-4-13(16)22)18(32-9)17(27)11-6-5-10(20(30)31)8-14(11)23/h2-8,20,27,30-31H,1H3,(H,28,29). The van der Waals surface area contributed by atoms with Gasteiger partial charge in [0.25, 0.3) is 5.91 Å². The Hall–Kier alpha value is -2.79. The van der Waals surface area contributed by atoms with Crippen LogP contribution in [0.25, 0.3) is 0 Å². The highest BCUT2D eigenvalue weighted by Crippen LogP contribution is 2.36. The number of aliphatic hydroxyl groups is 2. The zero-order valence-corrected chi connectivity index (χ0v) is 17.8. The largest absolute Gasteiger partial charge is 0.417 e. The smallest absolute Gasteiger partial charge is 0.364 e. The molecule has 3 rings (SSSR count). The third-order valence-electron chi connectivity index (χ3n) is 4.44. The van der Waals surface area contributed by atoms with Gasteiger partial charge >= 0.3 is 6.18 Å². The van der Waals surface area contributed by atoms with Gasteiger partial charge in [-0.2, -0.15) is 13.2 Å². The van der Waals surface area contributed by atoms with Crippen LogP contribution in [0.15, 0.2) is 42.5 Å². The Morgan fingerprint density at radius 1 is 1.19 bits per heavy atom. The normalized spacial score (nSPS) is 11.7. The number of aryl methyl sites for hydroxylation is 1. The predicted molar refractivity (Wildman–Crippen MR) is 113 cm³/mol. The fourth-order valence-electron chi connectivity index (χ4n) is 2.99. The molecule has 1 heterocycles. The quantitative estimate of drug-likeness (QED) is 0.217. The number of hydrogen-bond donors (Lipinski definition) is 4. The Labute approximate surface area is 188 Å². The molecule has 0 unspecified atom stereocenters. The Morgan fingerprint density at radius 2 is 1.88 bits per heavy atom. The Balaban J connectivity index is 1.99. The number of carbonyl (C=O) groups excluding carboxylic acids is 1. The third-order valence-corrected chi connectivity index (χ3v) is 5.82. The monoisotopic (exact) mass is 486 g/mol. The highest BCUT2D eigenvalue weighted by molar-refractivity contribution is 7.14. The number of rotatable bonds is 5. The molecule has 0 spiro atoms. The van der Waals surface area contributed by atoms with Crippen molar-refractivity contribution in [2.45, 2.75) is 19.4 Å². The summed E-state index contributed by atoms with van der Waals surface area (Å²) in [6.07, 6.45) is -6.72. The summed E-state index contributed by atoms with van der Waals surface area (Å²) < 4.78 is 54.5. The zero-order valence-electron chi connectivity index (χ0n) is 16.2. The lowest BCUT2D eigenvalue weighted by molar-refractivity contribution is -0.137. The molecule has 1 aromatic heterocycles. The van der Waals surface area contributed by atoms with E-state index in [4.69, 9.17) is 27.2 Å². The molecule has 0 saturated heterocycles. The molecule has 5 nitrogen and oxygen atoms in total. The van der Waals surface area contributed by atoms with Gasteiger partial charge in [-0.25, -0.2) is 4.39 Å². The maximum atomic E-state index is 14.5. The summed E-state index contributed by atoms with van der Waals surface area (Å²) in [5, 5.41) is 28.6. The molecule has 11 heteroatoms. The van der Waals surface area contributed by atoms with Crippen molar-refractivity contribution in [3.63, 3.8) is 0 Å². The van der Waals surface area contributed by atoms with E-state index >= 15 is 0 Å². The molecule has 0 atom stereocenters. The summed E-state index contributed by atoms with van der Waals surface area (Å²) in [4.78, 5) is 13.4. The van der Waals surface area contributed by atoms with E-state index in [1.165, 1.54) is 18.2 Å². The van der Waals surface area contributed by atoms with Crippen molar-refractivity contribution in [1.29, 1.82) is 5.41 Å². The summed E-state index contributed by atoms with van der Waals surface area (Å²) in [5.41, 5.74) is -2.62. The topological polar surface area (TPSA) is 93.4 Å². The minimum absolute atomic E-state index is 0.0150. The lowest BCUT2D eigenvalue weighted by Gasteiger charge is -2.15. The van der Waals surface area contributed by atoms with Gasteiger partial charge in [0.15, 0.2) is 6.29 Å². The predicted octanol–water partition coefficient (Wildman–Crippen LogP) is 5.52. The zero-order chi connectivity index (χ0) is 23.8. The van der Waals surface area contributed by atoms with E-state index in [2.05, 4.69) is 5.32 Å². The van der Waals surface area contributed by atoms with E-state index in [0.29, 0.717) is 4.88 Å². The summed E-state index contributed by atoms with van der Waals surface area (Å²) in [7, 11) is 0. The van der Waals surface area contributed by atoms with Gasteiger partial charge in [-0.15, -0.1) is 11.3 Å². The van der Waals surface area contributed by atoms with Crippen LogP contribution in [0.5, 0.6) is 0 Å². The summed E-state index contributed by atoms with van der Waals surface area (Å²) >= 11 is 6.90. The Kier molecular flexibility index (Phi) is 6.70. The first-order valence-electron chi connectivity index (χ1n) is 8.92. The molecule has 4 N–H and O–H groups in total. The third kappa shape index (κ3) is 4.83. The second-order valence-electron chi connectivity index (χ2n) is 6.70. The van der Waals surface area contributed by atoms with Gasteiger partial charge in [0.2, 0.25) is 0 Å². The SMILES string of the molecule is Cc1cc(NC(=O)c2c(Cl)cccc2C(F)(F)F)c(C(=N)c2ccc(C(O)O)cc2F)s1. The van der Waals surface area contributed by atoms with E-state index < -0.39 is 40.3 Å². The molecule has 0 saturated carbocycles. The van der Waals surface area contributed by atoms with Crippen molar-refractivity contribution >= 4 is 40.2 Å². The van der Waals surface area contributed by atoms with Crippen molar-refractivity contribution in [1.82, 2.24) is 0 Å². The number of halogens is 5. The molecule has 0 aliphatic carbocycles. The second kappa shape index (κ2) is 8.99. The van der Waals surface area contributed by atoms with Gasteiger partial charge in [0, 0.05) is 16.0 Å². The van der Waals surface area contributed by atoms with Crippen molar-refractivity contribution < 1.29 is 32.6 Å². The summed E-state index contributed by atoms with van der Waals surface area (Å²) in [6.45, 7) is 1.65. The molecule has 3 aromatic rings. The van der Waals surface area contributed by atoms with Gasteiger partial charge < -0.3 is 15.5 Å². The molecule has 168 valence electrons. The maximum absolute atomic E-state index is 14.5. The molecule has 0 radical (unpaired) electrons. The first kappa shape index (κ1) is 23.9. The number of aliphatic hydroxyl groups excluding tert-OH is 1. The van der Waals surface area contributed by atoms with Gasteiger partial charge in [-0.05, 0) is 37.3 Å². The van der Waals surface area contributed by atoms with Crippen molar-refractivity contribution in [3.05, 3.63) is 85.3 Å². The number of benzene rings is 2. The average molecular weight is 487 g/mol. The number of anilines is 1. The van der Waals surface area contributed by atoms with Crippen molar-refractivity contribution in [2.24, 2.45) is 0 Å². The summed E-state index contributed by atoms with van der Waals surface area (Å²) in [5.74, 6) is -2.04. The number of hydrogen-bond acceptors (Lipinski definition) is 5. The minimum atomic E-state index is -4.82. The van der Waals surface area contributed by atoms with Crippen LogP contribution in [-0.2, 0) is 6.18 Å². The van der Waals surface area contributed by atoms with Crippen LogP contribution < -0.4 is 5.32 Å². The van der Waals surface area contributed by atoms with Gasteiger partial charge in [0.05, 0.1) is 32.4 Å². The molecule has 1 amide bonds. The molecule has 32 heavy (non-hydrogen) atoms. The van der Waals surface area contributed by atoms with Crippen molar-refractivity contribution in [3.8, 4) is 0 Å². The second-order valence-corrected chi connectivity index (χ2v) is 8.37. The van der Waals surface area contributed by atoms with Crippen LogP contribution in [0.4, 0.5) is 23.2 Å². The van der Waals surface area contributed by atoms with E-state index in [0.717, 1.165) is 35.6 Å². The van der Waals surface area contributed by atoms with Crippen LogP contribution in [0, 0.1) is 18.2 Å². The van der Waals surface area contributed by atoms with E-state index in [1.807, 2.05) is 0 Å². The molecule has 2 aromatic carbocycles. The number of amides is 1. The first-order valence-corrected chi connectivity index (χ1v) is 10.1. The number of thiophene rings is 1. The fraction of sp³-hybridized carbons (Fsp3) is 0.143. The van der Waals surface area contributed by atoms with Crippen molar-refractivity contribution in [2.75, 3.05) is 5.32 Å². The van der Waals surface area contributed by atoms with Crippen LogP contribution >= 0.6 is 22.9 Å². The molecular formula is C21H15ClF4N2O3S. The van der Waals surface area contributed by atoms with Gasteiger partial charge in [0.1, 0.15) is 5.82 Å². The van der Waals surface area contributed by atoms with Crippen LogP contribution in [-0.4, -0.2) is 21.8 Å². The highest BCUT2D eigenvalue weighted by atomic mass is 35.5. The average Bonchev–Trinajstić information content (AvgIpc) is 3.06. The molecule has 0 aliphatic rings. The van der Waals surface area contributed by atoms with E-state index in [9.17, 15) is 22.4 Å². The Morgan fingerprint density at radius 3 is 2.47 bits per heavy atom. The lowest BCUT2D eigenvalue weighted by atomic mass is 10.0. The highest BCUT2D eigenvalue weighted by Gasteiger charge is 2.36. The van der Waals surface area contributed by atoms with Crippen LogP contribution in [0.2, 0.25) is 5.02 Å². The van der Waals surface area contributed by atoms with E-state index in [1.54, 1.807) is 6.92 Å². The van der Waals surface area contributed by atoms with Crippen LogP contribution in [0.1, 0.15) is 43.1 Å². The maximum Gasteiger partial charge on any atom is 0.417 e. The first-order chi connectivity index (χ1) is 14.9. The van der Waals surface area contributed by atoms with Crippen LogP contribution in [0.3, 0.4) is 0 Å². The number of alkyl halides is 3.